The van der Waals surface area contributed by atoms with Gasteiger partial charge in [0.25, 0.3) is 0 Å². The number of amides is 1. The van der Waals surface area contributed by atoms with Gasteiger partial charge in [0.1, 0.15) is 23.7 Å². The molecule has 2 aromatic heterocycles. The lowest BCUT2D eigenvalue weighted by Gasteiger charge is -2.26. The number of anilines is 2. The Morgan fingerprint density at radius 1 is 1.11 bits per heavy atom. The molecule has 35 heavy (non-hydrogen) atoms. The molecule has 3 N–H and O–H groups in total. The highest BCUT2D eigenvalue weighted by molar-refractivity contribution is 5.89. The average molecular weight is 480 g/mol. The zero-order valence-electron chi connectivity index (χ0n) is 20.4. The van der Waals surface area contributed by atoms with E-state index in [0.717, 1.165) is 81.8 Å². The molecule has 0 aliphatic carbocycles. The maximum absolute atomic E-state index is 12.9. The number of carbonyl (C=O) groups excluding carboxylic acids is 1. The van der Waals surface area contributed by atoms with Gasteiger partial charge in [-0.05, 0) is 68.7 Å². The number of hydrogen-bond acceptors (Lipinski definition) is 6. The third-order valence-corrected chi connectivity index (χ3v) is 6.99. The van der Waals surface area contributed by atoms with Crippen LogP contribution in [-0.4, -0.2) is 52.1 Å². The van der Waals surface area contributed by atoms with Gasteiger partial charge in [-0.1, -0.05) is 37.8 Å². The number of aliphatic carboxylic acids is 1. The van der Waals surface area contributed by atoms with Gasteiger partial charge in [-0.2, -0.15) is 0 Å². The van der Waals surface area contributed by atoms with Crippen molar-refractivity contribution in [1.82, 2.24) is 15.3 Å². The molecule has 2 aliphatic rings. The predicted molar refractivity (Wildman–Crippen MR) is 137 cm³/mol. The topological polar surface area (TPSA) is 107 Å². The SMILES string of the molecule is O=C(O)C(CCCCCCCc1ccc2c(n1)NCCC2)NC(=O)[C@H]1CCCN1c1ccccn1. The minimum atomic E-state index is -0.965. The first-order chi connectivity index (χ1) is 17.1. The van der Waals surface area contributed by atoms with E-state index in [4.69, 9.17) is 4.98 Å². The predicted octanol–water partition coefficient (Wildman–Crippen LogP) is 3.96. The molecule has 2 aromatic rings. The summed E-state index contributed by atoms with van der Waals surface area (Å²) in [6, 6.07) is 8.77. The van der Waals surface area contributed by atoms with Gasteiger partial charge in [0.2, 0.25) is 5.91 Å². The van der Waals surface area contributed by atoms with Gasteiger partial charge in [0.05, 0.1) is 0 Å². The normalized spacial score (nSPS) is 17.9. The summed E-state index contributed by atoms with van der Waals surface area (Å²) in [6.45, 7) is 1.76. The highest BCUT2D eigenvalue weighted by Gasteiger charge is 2.33. The van der Waals surface area contributed by atoms with Crippen LogP contribution in [0.3, 0.4) is 0 Å². The molecule has 8 nitrogen and oxygen atoms in total. The number of aromatic nitrogens is 2. The third-order valence-electron chi connectivity index (χ3n) is 6.99. The van der Waals surface area contributed by atoms with Crippen molar-refractivity contribution in [1.29, 1.82) is 0 Å². The second-order valence-corrected chi connectivity index (χ2v) is 9.59. The first-order valence-corrected chi connectivity index (χ1v) is 13.1. The zero-order chi connectivity index (χ0) is 24.5. The number of fused-ring (bicyclic) bond motifs is 1. The van der Waals surface area contributed by atoms with E-state index in [9.17, 15) is 14.7 Å². The van der Waals surface area contributed by atoms with Crippen molar-refractivity contribution in [2.75, 3.05) is 23.3 Å². The monoisotopic (exact) mass is 479 g/mol. The second-order valence-electron chi connectivity index (χ2n) is 9.59. The fourth-order valence-corrected chi connectivity index (χ4v) is 5.06. The number of rotatable bonds is 12. The lowest BCUT2D eigenvalue weighted by atomic mass is 10.0. The Kier molecular flexibility index (Phi) is 8.92. The van der Waals surface area contributed by atoms with Crippen molar-refractivity contribution in [2.45, 2.75) is 82.7 Å². The molecule has 4 rings (SSSR count). The van der Waals surface area contributed by atoms with Crippen molar-refractivity contribution < 1.29 is 14.7 Å². The molecule has 2 aliphatic heterocycles. The Hall–Kier alpha value is -3.16. The van der Waals surface area contributed by atoms with Gasteiger partial charge in [-0.25, -0.2) is 14.8 Å². The Morgan fingerprint density at radius 2 is 1.97 bits per heavy atom. The molecule has 188 valence electrons. The highest BCUT2D eigenvalue weighted by Crippen LogP contribution is 2.24. The molecule has 8 heteroatoms. The number of hydrogen-bond donors (Lipinski definition) is 3. The summed E-state index contributed by atoms with van der Waals surface area (Å²) in [7, 11) is 0. The van der Waals surface area contributed by atoms with E-state index in [2.05, 4.69) is 27.8 Å². The van der Waals surface area contributed by atoms with Crippen LogP contribution >= 0.6 is 0 Å². The average Bonchev–Trinajstić information content (AvgIpc) is 3.38. The van der Waals surface area contributed by atoms with Crippen molar-refractivity contribution in [3.8, 4) is 0 Å². The number of carboxylic acids is 1. The molecule has 2 atom stereocenters. The van der Waals surface area contributed by atoms with Gasteiger partial charge >= 0.3 is 5.97 Å². The van der Waals surface area contributed by atoms with Gasteiger partial charge < -0.3 is 20.6 Å². The summed E-state index contributed by atoms with van der Waals surface area (Å²) < 4.78 is 0. The standard InChI is InChI=1S/C27H37N5O3/c33-26(23-13-9-19-32(23)24-14-6-7-17-28-24)31-22(27(34)35)12-5-3-1-2-4-11-21-16-15-20-10-8-18-29-25(20)30-21/h6-7,14-17,22-23H,1-5,8-13,18-19H2,(H,29,30)(H,31,33)(H,34,35)/t22?,23-/m1/s1. The number of unbranched alkanes of at least 4 members (excludes halogenated alkanes) is 4. The molecular formula is C27H37N5O3. The van der Waals surface area contributed by atoms with E-state index < -0.39 is 12.0 Å². The van der Waals surface area contributed by atoms with Crippen LogP contribution in [0.2, 0.25) is 0 Å². The number of nitrogens with one attached hydrogen (secondary N) is 2. The van der Waals surface area contributed by atoms with Gasteiger partial charge in [-0.15, -0.1) is 0 Å². The van der Waals surface area contributed by atoms with E-state index in [1.165, 1.54) is 12.0 Å². The number of carbonyl (C=O) groups is 2. The van der Waals surface area contributed by atoms with E-state index in [1.54, 1.807) is 6.20 Å². The van der Waals surface area contributed by atoms with Crippen LogP contribution in [0.4, 0.5) is 11.6 Å². The summed E-state index contributed by atoms with van der Waals surface area (Å²) in [5, 5.41) is 15.8. The summed E-state index contributed by atoms with van der Waals surface area (Å²) in [6.07, 6.45) is 12.0. The van der Waals surface area contributed by atoms with Crippen LogP contribution in [0.1, 0.15) is 69.0 Å². The summed E-state index contributed by atoms with van der Waals surface area (Å²) in [4.78, 5) is 35.7. The minimum absolute atomic E-state index is 0.215. The van der Waals surface area contributed by atoms with Crippen LogP contribution in [0.25, 0.3) is 0 Å². The Balaban J connectivity index is 1.15. The molecule has 1 fully saturated rings. The van der Waals surface area contributed by atoms with E-state index in [-0.39, 0.29) is 11.9 Å². The molecule has 0 spiro atoms. The largest absolute Gasteiger partial charge is 0.480 e. The molecule has 0 aromatic carbocycles. The van der Waals surface area contributed by atoms with Gasteiger partial charge in [-0.3, -0.25) is 4.79 Å². The third kappa shape index (κ3) is 6.93. The van der Waals surface area contributed by atoms with Crippen molar-refractivity contribution in [3.63, 3.8) is 0 Å². The minimum Gasteiger partial charge on any atom is -0.480 e. The molecule has 4 heterocycles. The van der Waals surface area contributed by atoms with E-state index in [0.29, 0.717) is 12.8 Å². The molecule has 0 saturated carbocycles. The number of pyridine rings is 2. The van der Waals surface area contributed by atoms with Crippen LogP contribution in [0.5, 0.6) is 0 Å². The highest BCUT2D eigenvalue weighted by atomic mass is 16.4. The van der Waals surface area contributed by atoms with E-state index >= 15 is 0 Å². The number of aryl methyl sites for hydroxylation is 2. The van der Waals surface area contributed by atoms with Crippen molar-refractivity contribution >= 4 is 23.5 Å². The quantitative estimate of drug-likeness (QED) is 0.396. The smallest absolute Gasteiger partial charge is 0.326 e. The molecule has 0 radical (unpaired) electrons. The molecular weight excluding hydrogens is 442 g/mol. The summed E-state index contributed by atoms with van der Waals surface area (Å²) >= 11 is 0. The number of carboxylic acid groups (broad SMARTS) is 1. The fraction of sp³-hybridized carbons (Fsp3) is 0.556. The second kappa shape index (κ2) is 12.5. The van der Waals surface area contributed by atoms with Crippen LogP contribution in [-0.2, 0) is 22.4 Å². The van der Waals surface area contributed by atoms with Crippen molar-refractivity contribution in [3.05, 3.63) is 47.8 Å². The molecule has 1 amide bonds. The maximum atomic E-state index is 12.9. The lowest BCUT2D eigenvalue weighted by Crippen LogP contribution is -2.49. The number of nitrogens with zero attached hydrogens (tertiary/aromatic N) is 3. The fourth-order valence-electron chi connectivity index (χ4n) is 5.06. The van der Waals surface area contributed by atoms with Gasteiger partial charge in [0, 0.05) is 25.0 Å². The molecule has 0 bridgehead atoms. The Labute approximate surface area is 207 Å². The summed E-state index contributed by atoms with van der Waals surface area (Å²) in [5.74, 6) is 0.635. The Morgan fingerprint density at radius 3 is 2.80 bits per heavy atom. The summed E-state index contributed by atoms with van der Waals surface area (Å²) in [5.41, 5.74) is 2.45. The zero-order valence-corrected chi connectivity index (χ0v) is 20.4. The first-order valence-electron chi connectivity index (χ1n) is 13.1. The molecule has 1 unspecified atom stereocenters. The van der Waals surface area contributed by atoms with Crippen molar-refractivity contribution in [2.24, 2.45) is 0 Å². The molecule has 1 saturated heterocycles. The van der Waals surface area contributed by atoms with Crippen LogP contribution < -0.4 is 15.5 Å². The van der Waals surface area contributed by atoms with Gasteiger partial charge in [0.15, 0.2) is 0 Å². The lowest BCUT2D eigenvalue weighted by molar-refractivity contribution is -0.142. The van der Waals surface area contributed by atoms with E-state index in [1.807, 2.05) is 23.1 Å². The first kappa shape index (κ1) is 24.9. The Bertz CT molecular complexity index is 984. The van der Waals surface area contributed by atoms with Crippen LogP contribution in [0.15, 0.2) is 36.5 Å². The van der Waals surface area contributed by atoms with Crippen LogP contribution in [0, 0.1) is 0 Å². The maximum Gasteiger partial charge on any atom is 0.326 e.